The highest BCUT2D eigenvalue weighted by Gasteiger charge is 2.26. The Morgan fingerprint density at radius 3 is 1.70 bits per heavy atom. The van der Waals surface area contributed by atoms with Crippen LogP contribution in [-0.4, -0.2) is 49.7 Å². The van der Waals surface area contributed by atoms with E-state index < -0.39 is 35.9 Å². The van der Waals surface area contributed by atoms with Crippen LogP contribution in [0.1, 0.15) is 32.1 Å². The molecule has 0 aliphatic heterocycles. The molecule has 226 valence electrons. The van der Waals surface area contributed by atoms with Crippen molar-refractivity contribution in [2.45, 2.75) is 32.1 Å². The number of ether oxygens (including phenoxy) is 5. The van der Waals surface area contributed by atoms with Crippen molar-refractivity contribution in [2.75, 3.05) is 19.8 Å². The SMILES string of the molecule is O=C(CCC(CC(=O)Oc1ccccc1)C(=O)OCCNC(=O)Oc1ccccc1)OCCCC(=O)Oc1ccccc1. The summed E-state index contributed by atoms with van der Waals surface area (Å²) in [4.78, 5) is 61.4. The molecule has 3 aromatic rings. The number of para-hydroxylation sites is 3. The van der Waals surface area contributed by atoms with Crippen LogP contribution in [0.5, 0.6) is 17.2 Å². The Morgan fingerprint density at radius 2 is 1.12 bits per heavy atom. The van der Waals surface area contributed by atoms with Gasteiger partial charge < -0.3 is 29.0 Å². The highest BCUT2D eigenvalue weighted by atomic mass is 16.6. The van der Waals surface area contributed by atoms with Gasteiger partial charge in [0.1, 0.15) is 23.9 Å². The zero-order valence-corrected chi connectivity index (χ0v) is 23.5. The first-order valence-corrected chi connectivity index (χ1v) is 13.7. The molecule has 0 saturated carbocycles. The second-order valence-electron chi connectivity index (χ2n) is 9.13. The van der Waals surface area contributed by atoms with E-state index in [1.807, 2.05) is 0 Å². The molecule has 0 aliphatic carbocycles. The van der Waals surface area contributed by atoms with Crippen LogP contribution in [-0.2, 0) is 28.7 Å². The van der Waals surface area contributed by atoms with Gasteiger partial charge in [0, 0.05) is 12.8 Å². The van der Waals surface area contributed by atoms with E-state index in [9.17, 15) is 24.0 Å². The van der Waals surface area contributed by atoms with Gasteiger partial charge in [-0.25, -0.2) is 4.79 Å². The maximum Gasteiger partial charge on any atom is 0.412 e. The zero-order chi connectivity index (χ0) is 30.7. The second kappa shape index (κ2) is 18.3. The molecule has 0 aromatic heterocycles. The Morgan fingerprint density at radius 1 is 0.581 bits per heavy atom. The summed E-state index contributed by atoms with van der Waals surface area (Å²) < 4.78 is 26.0. The number of esters is 4. The van der Waals surface area contributed by atoms with Crippen molar-refractivity contribution in [1.82, 2.24) is 5.32 Å². The number of hydrogen-bond donors (Lipinski definition) is 1. The van der Waals surface area contributed by atoms with Gasteiger partial charge in [-0.15, -0.1) is 0 Å². The van der Waals surface area contributed by atoms with Crippen molar-refractivity contribution in [2.24, 2.45) is 5.92 Å². The normalized spacial score (nSPS) is 11.0. The van der Waals surface area contributed by atoms with E-state index in [-0.39, 0.29) is 51.9 Å². The lowest BCUT2D eigenvalue weighted by Gasteiger charge is -2.15. The molecular weight excluding hydrogens is 558 g/mol. The third kappa shape index (κ3) is 13.3. The fraction of sp³-hybridized carbons (Fsp3) is 0.281. The molecule has 0 fully saturated rings. The maximum absolute atomic E-state index is 12.8. The molecule has 1 atom stereocenters. The Bertz CT molecular complexity index is 1320. The Hall–Kier alpha value is -5.19. The first-order valence-electron chi connectivity index (χ1n) is 13.7. The first kappa shape index (κ1) is 32.3. The maximum atomic E-state index is 12.8. The highest BCUT2D eigenvalue weighted by Crippen LogP contribution is 2.18. The molecular formula is C32H33NO10. The van der Waals surface area contributed by atoms with Gasteiger partial charge >= 0.3 is 30.0 Å². The molecule has 3 aromatic carbocycles. The minimum absolute atomic E-state index is 0.0152. The molecule has 0 heterocycles. The third-order valence-electron chi connectivity index (χ3n) is 5.75. The second-order valence-corrected chi connectivity index (χ2v) is 9.13. The summed E-state index contributed by atoms with van der Waals surface area (Å²) in [5, 5.41) is 2.46. The van der Waals surface area contributed by atoms with Crippen molar-refractivity contribution in [3.05, 3.63) is 91.0 Å². The van der Waals surface area contributed by atoms with Gasteiger partial charge in [-0.3, -0.25) is 19.2 Å². The van der Waals surface area contributed by atoms with Crippen LogP contribution in [0.2, 0.25) is 0 Å². The Labute approximate surface area is 249 Å². The fourth-order valence-electron chi connectivity index (χ4n) is 3.66. The van der Waals surface area contributed by atoms with Crippen LogP contribution in [0.25, 0.3) is 0 Å². The largest absolute Gasteiger partial charge is 0.466 e. The van der Waals surface area contributed by atoms with Gasteiger partial charge in [0.2, 0.25) is 0 Å². The smallest absolute Gasteiger partial charge is 0.412 e. The zero-order valence-electron chi connectivity index (χ0n) is 23.5. The van der Waals surface area contributed by atoms with Gasteiger partial charge in [-0.1, -0.05) is 54.6 Å². The average Bonchev–Trinajstić information content (AvgIpc) is 3.01. The molecule has 3 rings (SSSR count). The minimum atomic E-state index is -0.999. The summed E-state index contributed by atoms with van der Waals surface area (Å²) in [6.45, 7) is -0.234. The van der Waals surface area contributed by atoms with Crippen molar-refractivity contribution in [3.8, 4) is 17.2 Å². The van der Waals surface area contributed by atoms with E-state index in [0.717, 1.165) is 0 Å². The van der Waals surface area contributed by atoms with Crippen molar-refractivity contribution < 1.29 is 47.7 Å². The third-order valence-corrected chi connectivity index (χ3v) is 5.75. The highest BCUT2D eigenvalue weighted by molar-refractivity contribution is 5.82. The number of hydrogen-bond acceptors (Lipinski definition) is 10. The number of nitrogens with one attached hydrogen (secondary N) is 1. The Kier molecular flexibility index (Phi) is 13.7. The predicted octanol–water partition coefficient (Wildman–Crippen LogP) is 4.64. The molecule has 0 saturated heterocycles. The van der Waals surface area contributed by atoms with Crippen molar-refractivity contribution in [3.63, 3.8) is 0 Å². The summed E-state index contributed by atoms with van der Waals surface area (Å²) >= 11 is 0. The lowest BCUT2D eigenvalue weighted by molar-refractivity contribution is -0.153. The molecule has 1 amide bonds. The minimum Gasteiger partial charge on any atom is -0.466 e. The molecule has 11 heteroatoms. The molecule has 0 aliphatic rings. The first-order chi connectivity index (χ1) is 20.9. The van der Waals surface area contributed by atoms with Gasteiger partial charge in [-0.05, 0) is 49.2 Å². The lowest BCUT2D eigenvalue weighted by Crippen LogP contribution is -2.32. The molecule has 43 heavy (non-hydrogen) atoms. The number of rotatable bonds is 16. The summed E-state index contributed by atoms with van der Waals surface area (Å²) in [6.07, 6.45) is -0.964. The van der Waals surface area contributed by atoms with E-state index in [4.69, 9.17) is 23.7 Å². The van der Waals surface area contributed by atoms with Gasteiger partial charge in [0.05, 0.1) is 25.5 Å². The van der Waals surface area contributed by atoms with Gasteiger partial charge in [-0.2, -0.15) is 0 Å². The summed E-state index contributed by atoms with van der Waals surface area (Å²) in [7, 11) is 0. The molecule has 0 spiro atoms. The number of carbonyl (C=O) groups excluding carboxylic acids is 5. The molecule has 0 bridgehead atoms. The summed E-state index contributed by atoms with van der Waals surface area (Å²) in [5.74, 6) is -2.38. The van der Waals surface area contributed by atoms with E-state index in [0.29, 0.717) is 17.2 Å². The van der Waals surface area contributed by atoms with Crippen molar-refractivity contribution in [1.29, 1.82) is 0 Å². The molecule has 1 unspecified atom stereocenters. The predicted molar refractivity (Wildman–Crippen MR) is 153 cm³/mol. The van der Waals surface area contributed by atoms with Crippen molar-refractivity contribution >= 4 is 30.0 Å². The molecule has 1 N–H and O–H groups in total. The average molecular weight is 592 g/mol. The van der Waals surface area contributed by atoms with E-state index >= 15 is 0 Å². The van der Waals surface area contributed by atoms with Gasteiger partial charge in [0.15, 0.2) is 0 Å². The lowest BCUT2D eigenvalue weighted by atomic mass is 9.99. The van der Waals surface area contributed by atoms with Crippen LogP contribution in [0.3, 0.4) is 0 Å². The fourth-order valence-corrected chi connectivity index (χ4v) is 3.66. The number of benzene rings is 3. The quantitative estimate of drug-likeness (QED) is 0.142. The van der Waals surface area contributed by atoms with Crippen LogP contribution in [0.4, 0.5) is 4.79 Å². The van der Waals surface area contributed by atoms with E-state index in [1.54, 1.807) is 91.0 Å². The van der Waals surface area contributed by atoms with E-state index in [2.05, 4.69) is 5.32 Å². The standard InChI is InChI=1S/C32H33NO10/c34-28(39-21-10-17-29(35)41-25-11-4-1-5-12-25)19-18-24(23-30(36)42-26-13-6-2-7-14-26)31(37)40-22-20-33-32(38)43-27-15-8-3-9-16-27/h1-9,11-16,24H,10,17-23H2,(H,33,38). The number of amides is 1. The Balaban J connectivity index is 1.41. The van der Waals surface area contributed by atoms with Crippen LogP contribution in [0, 0.1) is 5.92 Å². The van der Waals surface area contributed by atoms with Crippen LogP contribution >= 0.6 is 0 Å². The van der Waals surface area contributed by atoms with E-state index in [1.165, 1.54) is 0 Å². The summed E-state index contributed by atoms with van der Waals surface area (Å²) in [5.41, 5.74) is 0. The number of carbonyl (C=O) groups is 5. The summed E-state index contributed by atoms with van der Waals surface area (Å²) in [6, 6.07) is 25.4. The topological polar surface area (TPSA) is 144 Å². The monoisotopic (exact) mass is 591 g/mol. The molecule has 0 radical (unpaired) electrons. The van der Waals surface area contributed by atoms with Gasteiger partial charge in [0.25, 0.3) is 0 Å². The molecule has 11 nitrogen and oxygen atoms in total. The van der Waals surface area contributed by atoms with Crippen LogP contribution in [0.15, 0.2) is 91.0 Å². The van der Waals surface area contributed by atoms with Crippen LogP contribution < -0.4 is 19.5 Å².